The summed E-state index contributed by atoms with van der Waals surface area (Å²) in [6, 6.07) is 3.39. The molecule has 1 rings (SSSR count). The molecule has 102 valence electrons. The van der Waals surface area contributed by atoms with Crippen molar-refractivity contribution >= 4 is 31.9 Å². The minimum absolute atomic E-state index is 0.0187. The Bertz CT molecular complexity index is 634. The lowest BCUT2D eigenvalue weighted by Gasteiger charge is -2.14. The minimum Gasteiger partial charge on any atom is -0.480 e. The van der Waals surface area contributed by atoms with Gasteiger partial charge in [-0.05, 0) is 24.6 Å². The van der Waals surface area contributed by atoms with Gasteiger partial charge in [0.1, 0.15) is 6.04 Å². The number of aliphatic carboxylic acids is 1. The second-order valence-corrected chi connectivity index (χ2v) is 6.43. The molecule has 0 saturated heterocycles. The van der Waals surface area contributed by atoms with Gasteiger partial charge in [-0.2, -0.15) is 4.72 Å². The van der Waals surface area contributed by atoms with E-state index in [0.29, 0.717) is 10.0 Å². The van der Waals surface area contributed by atoms with Crippen LogP contribution in [-0.4, -0.2) is 25.5 Å². The molecule has 0 aromatic heterocycles. The van der Waals surface area contributed by atoms with E-state index in [1.54, 1.807) is 19.1 Å². The maximum absolute atomic E-state index is 12.1. The molecule has 0 radical (unpaired) electrons. The molecule has 0 amide bonds. The first-order valence-corrected chi connectivity index (χ1v) is 7.50. The highest BCUT2D eigenvalue weighted by molar-refractivity contribution is 9.10. The third-order valence-electron chi connectivity index (χ3n) is 2.36. The van der Waals surface area contributed by atoms with Crippen LogP contribution in [0.5, 0.6) is 0 Å². The summed E-state index contributed by atoms with van der Waals surface area (Å²) in [5.41, 5.74) is 0.514. The van der Waals surface area contributed by atoms with Crippen molar-refractivity contribution in [2.45, 2.75) is 24.3 Å². The average molecular weight is 346 g/mol. The van der Waals surface area contributed by atoms with E-state index in [2.05, 4.69) is 26.6 Å². The molecule has 0 bridgehead atoms. The van der Waals surface area contributed by atoms with E-state index in [-0.39, 0.29) is 11.3 Å². The zero-order valence-corrected chi connectivity index (χ0v) is 12.5. The van der Waals surface area contributed by atoms with Gasteiger partial charge in [0.25, 0.3) is 0 Å². The normalized spacial score (nSPS) is 12.7. The van der Waals surface area contributed by atoms with Crippen LogP contribution < -0.4 is 4.72 Å². The van der Waals surface area contributed by atoms with Crippen LogP contribution in [-0.2, 0) is 14.8 Å². The average Bonchev–Trinajstić information content (AvgIpc) is 2.31. The summed E-state index contributed by atoms with van der Waals surface area (Å²) in [6.45, 7) is 1.62. The molecule has 1 atom stereocenters. The first-order chi connectivity index (χ1) is 8.77. The molecule has 0 aliphatic rings. The number of halogens is 1. The minimum atomic E-state index is -3.94. The Morgan fingerprint density at radius 3 is 2.74 bits per heavy atom. The van der Waals surface area contributed by atoms with E-state index in [1.807, 2.05) is 0 Å². The fourth-order valence-electron chi connectivity index (χ4n) is 1.41. The number of carbonyl (C=O) groups is 1. The standard InChI is InChI=1S/C12H12BrNO4S/c1-3-4-10(12(15)16)14-19(17,18)11-7-9(13)6-5-8(11)2/h1,5-7,10,14H,4H2,2H3,(H,15,16). The van der Waals surface area contributed by atoms with Gasteiger partial charge in [0.05, 0.1) is 4.90 Å². The Labute approximate surface area is 120 Å². The number of sulfonamides is 1. The van der Waals surface area contributed by atoms with E-state index in [9.17, 15) is 13.2 Å². The third-order valence-corrected chi connectivity index (χ3v) is 4.46. The maximum Gasteiger partial charge on any atom is 0.322 e. The number of carboxylic acid groups (broad SMARTS) is 1. The van der Waals surface area contributed by atoms with Crippen molar-refractivity contribution in [3.63, 3.8) is 0 Å². The summed E-state index contributed by atoms with van der Waals surface area (Å²) in [5.74, 6) is 0.821. The number of rotatable bonds is 5. The lowest BCUT2D eigenvalue weighted by molar-refractivity contribution is -0.138. The van der Waals surface area contributed by atoms with E-state index in [0.717, 1.165) is 0 Å². The molecule has 0 fully saturated rings. The number of benzene rings is 1. The van der Waals surface area contributed by atoms with Crippen molar-refractivity contribution < 1.29 is 18.3 Å². The molecule has 5 nitrogen and oxygen atoms in total. The van der Waals surface area contributed by atoms with Crippen LogP contribution >= 0.6 is 15.9 Å². The largest absolute Gasteiger partial charge is 0.480 e. The Balaban J connectivity index is 3.14. The van der Waals surface area contributed by atoms with Gasteiger partial charge in [-0.1, -0.05) is 22.0 Å². The fourth-order valence-corrected chi connectivity index (χ4v) is 3.38. The molecule has 0 saturated carbocycles. The quantitative estimate of drug-likeness (QED) is 0.792. The highest BCUT2D eigenvalue weighted by Gasteiger charge is 2.25. The lowest BCUT2D eigenvalue weighted by atomic mass is 10.2. The Morgan fingerprint density at radius 2 is 2.21 bits per heavy atom. The lowest BCUT2D eigenvalue weighted by Crippen LogP contribution is -2.40. The van der Waals surface area contributed by atoms with Gasteiger partial charge in [0.15, 0.2) is 0 Å². The molecule has 0 aliphatic carbocycles. The van der Waals surface area contributed by atoms with Crippen molar-refractivity contribution in [2.24, 2.45) is 0 Å². The third kappa shape index (κ3) is 4.06. The van der Waals surface area contributed by atoms with E-state index < -0.39 is 22.0 Å². The molecule has 0 aliphatic heterocycles. The highest BCUT2D eigenvalue weighted by atomic mass is 79.9. The van der Waals surface area contributed by atoms with E-state index in [1.165, 1.54) is 6.07 Å². The number of hydrogen-bond acceptors (Lipinski definition) is 3. The van der Waals surface area contributed by atoms with Gasteiger partial charge in [0.2, 0.25) is 10.0 Å². The summed E-state index contributed by atoms with van der Waals surface area (Å²) in [7, 11) is -3.94. The topological polar surface area (TPSA) is 83.5 Å². The number of hydrogen-bond donors (Lipinski definition) is 2. The highest BCUT2D eigenvalue weighted by Crippen LogP contribution is 2.20. The Kier molecular flexibility index (Phi) is 5.11. The van der Waals surface area contributed by atoms with Crippen molar-refractivity contribution in [3.05, 3.63) is 28.2 Å². The number of aryl methyl sites for hydroxylation is 1. The fraction of sp³-hybridized carbons (Fsp3) is 0.250. The predicted octanol–water partition coefficient (Wildman–Crippen LogP) is 1.51. The van der Waals surface area contributed by atoms with Crippen LogP contribution in [0.2, 0.25) is 0 Å². The van der Waals surface area contributed by atoms with E-state index >= 15 is 0 Å². The second-order valence-electron chi connectivity index (χ2n) is 3.83. The first kappa shape index (κ1) is 15.7. The smallest absolute Gasteiger partial charge is 0.322 e. The van der Waals surface area contributed by atoms with E-state index in [4.69, 9.17) is 11.5 Å². The molecule has 1 aromatic carbocycles. The van der Waals surface area contributed by atoms with Crippen molar-refractivity contribution in [1.29, 1.82) is 0 Å². The van der Waals surface area contributed by atoms with Gasteiger partial charge in [-0.3, -0.25) is 4.79 Å². The van der Waals surface area contributed by atoms with Crippen LogP contribution in [0, 0.1) is 19.3 Å². The van der Waals surface area contributed by atoms with Crippen molar-refractivity contribution in [1.82, 2.24) is 4.72 Å². The van der Waals surface area contributed by atoms with Crippen molar-refractivity contribution in [2.75, 3.05) is 0 Å². The maximum atomic E-state index is 12.1. The number of terminal acetylenes is 1. The first-order valence-electron chi connectivity index (χ1n) is 5.22. The second kappa shape index (κ2) is 6.19. The molecule has 0 heterocycles. The zero-order valence-electron chi connectivity index (χ0n) is 10.1. The van der Waals surface area contributed by atoms with Crippen LogP contribution in [0.25, 0.3) is 0 Å². The molecular weight excluding hydrogens is 334 g/mol. The number of nitrogens with one attached hydrogen (secondary N) is 1. The monoisotopic (exact) mass is 345 g/mol. The Hall–Kier alpha value is -1.36. The molecule has 0 spiro atoms. The van der Waals surface area contributed by atoms with Crippen LogP contribution in [0.4, 0.5) is 0 Å². The van der Waals surface area contributed by atoms with Gasteiger partial charge >= 0.3 is 5.97 Å². The van der Waals surface area contributed by atoms with Gasteiger partial charge in [-0.25, -0.2) is 8.42 Å². The molecule has 2 N–H and O–H groups in total. The summed E-state index contributed by atoms with van der Waals surface area (Å²) >= 11 is 3.17. The van der Waals surface area contributed by atoms with Crippen LogP contribution in [0.15, 0.2) is 27.6 Å². The van der Waals surface area contributed by atoms with Crippen molar-refractivity contribution in [3.8, 4) is 12.3 Å². The summed E-state index contributed by atoms with van der Waals surface area (Å²) < 4.78 is 26.9. The van der Waals surface area contributed by atoms with Gasteiger partial charge in [-0.15, -0.1) is 12.3 Å². The molecule has 1 unspecified atom stereocenters. The van der Waals surface area contributed by atoms with Gasteiger partial charge in [0, 0.05) is 10.9 Å². The summed E-state index contributed by atoms with van der Waals surface area (Å²) in [5, 5.41) is 8.91. The van der Waals surface area contributed by atoms with Crippen LogP contribution in [0.3, 0.4) is 0 Å². The molecule has 7 heteroatoms. The van der Waals surface area contributed by atoms with Crippen LogP contribution in [0.1, 0.15) is 12.0 Å². The summed E-state index contributed by atoms with van der Waals surface area (Å²) in [6.07, 6.45) is 4.80. The Morgan fingerprint density at radius 1 is 1.58 bits per heavy atom. The molecule has 1 aromatic rings. The molecular formula is C12H12BrNO4S. The zero-order chi connectivity index (χ0) is 14.6. The predicted molar refractivity (Wildman–Crippen MR) is 74.1 cm³/mol. The SMILES string of the molecule is C#CCC(NS(=O)(=O)c1cc(Br)ccc1C)C(=O)O. The molecule has 19 heavy (non-hydrogen) atoms. The summed E-state index contributed by atoms with van der Waals surface area (Å²) in [4.78, 5) is 10.9. The number of carboxylic acids is 1. The van der Waals surface area contributed by atoms with Gasteiger partial charge < -0.3 is 5.11 Å².